The molecule has 74 valence electrons. The summed E-state index contributed by atoms with van der Waals surface area (Å²) in [5.41, 5.74) is 1.89. The van der Waals surface area contributed by atoms with Gasteiger partial charge in [0.2, 0.25) is 0 Å². The number of thiazole rings is 1. The largest absolute Gasteiger partial charge is 0.396 e. The van der Waals surface area contributed by atoms with Crippen LogP contribution >= 0.6 is 11.3 Å². The van der Waals surface area contributed by atoms with Crippen molar-refractivity contribution in [2.45, 2.75) is 33.1 Å². The first-order chi connectivity index (χ1) is 6.20. The molecule has 0 spiro atoms. The lowest BCUT2D eigenvalue weighted by molar-refractivity contribution is 0.132. The van der Waals surface area contributed by atoms with Crippen LogP contribution in [-0.2, 0) is 6.42 Å². The van der Waals surface area contributed by atoms with Gasteiger partial charge in [-0.3, -0.25) is 4.98 Å². The highest BCUT2D eigenvalue weighted by Crippen LogP contribution is 2.28. The standard InChI is InChI=1S/C10H17NOS/c1-3-4-10(2,7-12)5-9-6-11-8-13-9/h6,8,12H,3-5,7H2,1-2H3. The molecule has 0 bridgehead atoms. The molecule has 0 aliphatic rings. The first-order valence-electron chi connectivity index (χ1n) is 4.68. The maximum atomic E-state index is 9.30. The summed E-state index contributed by atoms with van der Waals surface area (Å²) in [6.45, 7) is 4.55. The van der Waals surface area contributed by atoms with Gasteiger partial charge in [-0.25, -0.2) is 0 Å². The van der Waals surface area contributed by atoms with Crippen molar-refractivity contribution < 1.29 is 5.11 Å². The second-order valence-corrected chi connectivity index (χ2v) is 4.83. The van der Waals surface area contributed by atoms with Crippen LogP contribution in [-0.4, -0.2) is 16.7 Å². The molecule has 0 amide bonds. The Bertz CT molecular complexity index is 235. The number of hydrogen-bond donors (Lipinski definition) is 1. The Labute approximate surface area is 83.6 Å². The Kier molecular flexibility index (Phi) is 3.88. The van der Waals surface area contributed by atoms with Gasteiger partial charge in [-0.05, 0) is 18.3 Å². The first kappa shape index (κ1) is 10.7. The van der Waals surface area contributed by atoms with E-state index in [1.807, 2.05) is 11.7 Å². The van der Waals surface area contributed by atoms with Gasteiger partial charge in [0.1, 0.15) is 0 Å². The summed E-state index contributed by atoms with van der Waals surface area (Å²) in [4.78, 5) is 5.31. The van der Waals surface area contributed by atoms with Crippen molar-refractivity contribution in [2.75, 3.05) is 6.61 Å². The van der Waals surface area contributed by atoms with Crippen LogP contribution in [0.5, 0.6) is 0 Å². The Morgan fingerprint density at radius 2 is 2.38 bits per heavy atom. The van der Waals surface area contributed by atoms with Crippen molar-refractivity contribution >= 4 is 11.3 Å². The molecule has 2 nitrogen and oxygen atoms in total. The van der Waals surface area contributed by atoms with Gasteiger partial charge in [-0.15, -0.1) is 11.3 Å². The summed E-state index contributed by atoms with van der Waals surface area (Å²) >= 11 is 1.67. The Morgan fingerprint density at radius 3 is 2.85 bits per heavy atom. The summed E-state index contributed by atoms with van der Waals surface area (Å²) in [6.07, 6.45) is 5.04. The zero-order valence-corrected chi connectivity index (χ0v) is 9.10. The van der Waals surface area contributed by atoms with E-state index < -0.39 is 0 Å². The smallest absolute Gasteiger partial charge is 0.0794 e. The van der Waals surface area contributed by atoms with E-state index >= 15 is 0 Å². The molecule has 0 aliphatic carbocycles. The fourth-order valence-electron chi connectivity index (χ4n) is 1.58. The zero-order valence-electron chi connectivity index (χ0n) is 8.29. The van der Waals surface area contributed by atoms with E-state index in [0.717, 1.165) is 19.3 Å². The molecule has 0 saturated heterocycles. The van der Waals surface area contributed by atoms with E-state index in [1.54, 1.807) is 11.3 Å². The molecular formula is C10H17NOS. The van der Waals surface area contributed by atoms with Crippen LogP contribution in [0.1, 0.15) is 31.6 Å². The normalized spacial score (nSPS) is 15.6. The summed E-state index contributed by atoms with van der Waals surface area (Å²) in [6, 6.07) is 0. The molecule has 1 unspecified atom stereocenters. The highest BCUT2D eigenvalue weighted by Gasteiger charge is 2.23. The topological polar surface area (TPSA) is 33.1 Å². The Morgan fingerprint density at radius 1 is 1.62 bits per heavy atom. The molecule has 13 heavy (non-hydrogen) atoms. The van der Waals surface area contributed by atoms with Gasteiger partial charge in [0.25, 0.3) is 0 Å². The highest BCUT2D eigenvalue weighted by atomic mass is 32.1. The zero-order chi connectivity index (χ0) is 9.73. The fourth-order valence-corrected chi connectivity index (χ4v) is 2.39. The van der Waals surface area contributed by atoms with Crippen LogP contribution in [0.2, 0.25) is 0 Å². The van der Waals surface area contributed by atoms with E-state index in [4.69, 9.17) is 0 Å². The van der Waals surface area contributed by atoms with Crippen LogP contribution < -0.4 is 0 Å². The van der Waals surface area contributed by atoms with Crippen molar-refractivity contribution in [1.82, 2.24) is 4.98 Å². The molecule has 1 aromatic heterocycles. The molecule has 0 saturated carbocycles. The average molecular weight is 199 g/mol. The molecule has 0 aliphatic heterocycles. The predicted octanol–water partition coefficient (Wildman–Crippen LogP) is 2.48. The van der Waals surface area contributed by atoms with Crippen LogP contribution in [0.25, 0.3) is 0 Å². The van der Waals surface area contributed by atoms with Gasteiger partial charge in [0.15, 0.2) is 0 Å². The molecule has 0 aromatic carbocycles. The second-order valence-electron chi connectivity index (χ2n) is 3.86. The monoisotopic (exact) mass is 199 g/mol. The summed E-state index contributed by atoms with van der Waals surface area (Å²) in [5, 5.41) is 9.30. The molecular weight excluding hydrogens is 182 g/mol. The minimum atomic E-state index is 0.0429. The van der Waals surface area contributed by atoms with E-state index in [-0.39, 0.29) is 12.0 Å². The highest BCUT2D eigenvalue weighted by molar-refractivity contribution is 7.09. The van der Waals surface area contributed by atoms with Gasteiger partial charge in [0.05, 0.1) is 5.51 Å². The lowest BCUT2D eigenvalue weighted by Gasteiger charge is -2.25. The SMILES string of the molecule is CCCC(C)(CO)Cc1cncs1. The molecule has 1 N–H and O–H groups in total. The van der Waals surface area contributed by atoms with Gasteiger partial charge >= 0.3 is 0 Å². The van der Waals surface area contributed by atoms with Crippen LogP contribution in [0, 0.1) is 5.41 Å². The third kappa shape index (κ3) is 3.08. The molecule has 1 atom stereocenters. The molecule has 0 fully saturated rings. The third-order valence-corrected chi connectivity index (χ3v) is 3.10. The van der Waals surface area contributed by atoms with Crippen molar-refractivity contribution in [2.24, 2.45) is 5.41 Å². The third-order valence-electron chi connectivity index (χ3n) is 2.32. The van der Waals surface area contributed by atoms with E-state index in [9.17, 15) is 5.11 Å². The molecule has 1 aromatic rings. The number of hydrogen-bond acceptors (Lipinski definition) is 3. The lowest BCUT2D eigenvalue weighted by atomic mass is 9.83. The van der Waals surface area contributed by atoms with Gasteiger partial charge in [0, 0.05) is 17.7 Å². The Balaban J connectivity index is 2.58. The molecule has 1 heterocycles. The second kappa shape index (κ2) is 4.72. The average Bonchev–Trinajstić information content (AvgIpc) is 2.57. The van der Waals surface area contributed by atoms with E-state index in [0.29, 0.717) is 0 Å². The maximum Gasteiger partial charge on any atom is 0.0794 e. The number of nitrogens with zero attached hydrogens (tertiary/aromatic N) is 1. The lowest BCUT2D eigenvalue weighted by Crippen LogP contribution is -2.23. The van der Waals surface area contributed by atoms with Gasteiger partial charge in [-0.2, -0.15) is 0 Å². The quantitative estimate of drug-likeness (QED) is 0.790. The minimum Gasteiger partial charge on any atom is -0.396 e. The van der Waals surface area contributed by atoms with Crippen LogP contribution in [0.4, 0.5) is 0 Å². The van der Waals surface area contributed by atoms with Crippen molar-refractivity contribution in [3.63, 3.8) is 0 Å². The number of aliphatic hydroxyl groups excluding tert-OH is 1. The van der Waals surface area contributed by atoms with E-state index in [2.05, 4.69) is 18.8 Å². The minimum absolute atomic E-state index is 0.0429. The van der Waals surface area contributed by atoms with Crippen molar-refractivity contribution in [1.29, 1.82) is 0 Å². The van der Waals surface area contributed by atoms with Crippen molar-refractivity contribution in [3.8, 4) is 0 Å². The molecule has 1 rings (SSSR count). The summed E-state index contributed by atoms with van der Waals surface area (Å²) in [7, 11) is 0. The van der Waals surface area contributed by atoms with Crippen LogP contribution in [0.15, 0.2) is 11.7 Å². The summed E-state index contributed by atoms with van der Waals surface area (Å²) < 4.78 is 0. The number of aliphatic hydroxyl groups is 1. The molecule has 3 heteroatoms. The maximum absolute atomic E-state index is 9.30. The van der Waals surface area contributed by atoms with Crippen LogP contribution in [0.3, 0.4) is 0 Å². The van der Waals surface area contributed by atoms with E-state index in [1.165, 1.54) is 4.88 Å². The summed E-state index contributed by atoms with van der Waals surface area (Å²) in [5.74, 6) is 0. The number of aromatic nitrogens is 1. The Hall–Kier alpha value is -0.410. The predicted molar refractivity (Wildman–Crippen MR) is 55.9 cm³/mol. The molecule has 0 radical (unpaired) electrons. The van der Waals surface area contributed by atoms with Crippen molar-refractivity contribution in [3.05, 3.63) is 16.6 Å². The number of rotatable bonds is 5. The van der Waals surface area contributed by atoms with Gasteiger partial charge < -0.3 is 5.11 Å². The van der Waals surface area contributed by atoms with Gasteiger partial charge in [-0.1, -0.05) is 20.3 Å². The first-order valence-corrected chi connectivity index (χ1v) is 5.56. The fraction of sp³-hybridized carbons (Fsp3) is 0.700.